The van der Waals surface area contributed by atoms with Gasteiger partial charge < -0.3 is 10.1 Å². The molecule has 0 unspecified atom stereocenters. The van der Waals surface area contributed by atoms with E-state index in [2.05, 4.69) is 17.9 Å². The van der Waals surface area contributed by atoms with E-state index in [-0.39, 0.29) is 5.91 Å². The second-order valence-corrected chi connectivity index (χ2v) is 5.44. The Morgan fingerprint density at radius 2 is 2.00 bits per heavy atom. The first kappa shape index (κ1) is 15.4. The minimum atomic E-state index is -0.101. The van der Waals surface area contributed by atoms with Crippen molar-refractivity contribution < 1.29 is 9.53 Å². The summed E-state index contributed by atoms with van der Waals surface area (Å²) >= 11 is 4.26. The van der Waals surface area contributed by atoms with Crippen LogP contribution in [0.15, 0.2) is 47.4 Å². The minimum absolute atomic E-state index is 0.101. The average molecular weight is 301 g/mol. The Kier molecular flexibility index (Phi) is 5.28. The molecule has 0 aliphatic heterocycles. The van der Waals surface area contributed by atoms with Crippen molar-refractivity contribution in [1.29, 1.82) is 0 Å². The van der Waals surface area contributed by atoms with Crippen LogP contribution in [0.2, 0.25) is 0 Å². The molecule has 0 aliphatic carbocycles. The van der Waals surface area contributed by atoms with E-state index in [1.807, 2.05) is 50.2 Å². The van der Waals surface area contributed by atoms with Crippen LogP contribution >= 0.6 is 12.6 Å². The van der Waals surface area contributed by atoms with Gasteiger partial charge in [0.15, 0.2) is 0 Å². The quantitative estimate of drug-likeness (QED) is 0.656. The molecule has 0 saturated carbocycles. The van der Waals surface area contributed by atoms with Crippen molar-refractivity contribution in [2.24, 2.45) is 0 Å². The predicted molar refractivity (Wildman–Crippen MR) is 87.4 cm³/mol. The lowest BCUT2D eigenvalue weighted by atomic mass is 10.1. The zero-order valence-electron chi connectivity index (χ0n) is 12.2. The molecular weight excluding hydrogens is 282 g/mol. The van der Waals surface area contributed by atoms with Crippen LogP contribution in [0.1, 0.15) is 21.5 Å². The van der Waals surface area contributed by atoms with Crippen LogP contribution in [0.4, 0.5) is 0 Å². The summed E-state index contributed by atoms with van der Waals surface area (Å²) in [6, 6.07) is 13.4. The fourth-order valence-corrected chi connectivity index (χ4v) is 2.19. The summed E-state index contributed by atoms with van der Waals surface area (Å²) in [6.07, 6.45) is 0. The maximum Gasteiger partial charge on any atom is 0.251 e. The Morgan fingerprint density at radius 1 is 1.19 bits per heavy atom. The molecule has 0 aromatic heterocycles. The molecule has 0 radical (unpaired) electrons. The van der Waals surface area contributed by atoms with Crippen molar-refractivity contribution in [3.8, 4) is 5.75 Å². The highest BCUT2D eigenvalue weighted by atomic mass is 32.1. The van der Waals surface area contributed by atoms with E-state index in [0.717, 1.165) is 21.8 Å². The number of amides is 1. The van der Waals surface area contributed by atoms with E-state index in [9.17, 15) is 4.79 Å². The summed E-state index contributed by atoms with van der Waals surface area (Å²) in [6.45, 7) is 4.82. The summed E-state index contributed by atoms with van der Waals surface area (Å²) in [7, 11) is 0. The second-order valence-electron chi connectivity index (χ2n) is 4.92. The highest BCUT2D eigenvalue weighted by Crippen LogP contribution is 2.14. The molecule has 3 nitrogen and oxygen atoms in total. The summed E-state index contributed by atoms with van der Waals surface area (Å²) < 4.78 is 5.60. The number of carbonyl (C=O) groups is 1. The fraction of sp³-hybridized carbons (Fsp3) is 0.235. The summed E-state index contributed by atoms with van der Waals surface area (Å²) in [5.74, 6) is 0.717. The maximum absolute atomic E-state index is 12.1. The maximum atomic E-state index is 12.1. The molecule has 1 amide bonds. The van der Waals surface area contributed by atoms with Gasteiger partial charge in [-0.15, -0.1) is 12.6 Å². The Hall–Kier alpha value is -1.94. The van der Waals surface area contributed by atoms with Gasteiger partial charge in [-0.3, -0.25) is 4.79 Å². The number of nitrogens with one attached hydrogen (secondary N) is 1. The highest BCUT2D eigenvalue weighted by Gasteiger charge is 2.08. The van der Waals surface area contributed by atoms with Crippen LogP contribution in [-0.2, 0) is 0 Å². The third-order valence-corrected chi connectivity index (χ3v) is 3.39. The molecule has 4 heteroatoms. The number of hydrogen-bond acceptors (Lipinski definition) is 3. The first-order chi connectivity index (χ1) is 10.1. The van der Waals surface area contributed by atoms with Crippen LogP contribution in [0.25, 0.3) is 0 Å². The van der Waals surface area contributed by atoms with Crippen LogP contribution in [-0.4, -0.2) is 19.1 Å². The third-order valence-electron chi connectivity index (χ3n) is 3.11. The molecule has 0 fully saturated rings. The van der Waals surface area contributed by atoms with Crippen LogP contribution < -0.4 is 10.1 Å². The summed E-state index contributed by atoms with van der Waals surface area (Å²) in [4.78, 5) is 12.9. The Bertz CT molecular complexity index is 640. The molecule has 21 heavy (non-hydrogen) atoms. The third kappa shape index (κ3) is 4.53. The molecule has 2 aromatic rings. The fourth-order valence-electron chi connectivity index (χ4n) is 1.99. The molecule has 0 saturated heterocycles. The number of aryl methyl sites for hydroxylation is 2. The molecular formula is C17H19NO2S. The van der Waals surface area contributed by atoms with E-state index >= 15 is 0 Å². The smallest absolute Gasteiger partial charge is 0.251 e. The zero-order chi connectivity index (χ0) is 15.2. The highest BCUT2D eigenvalue weighted by molar-refractivity contribution is 7.80. The molecule has 2 rings (SSSR count). The van der Waals surface area contributed by atoms with E-state index < -0.39 is 0 Å². The van der Waals surface area contributed by atoms with Gasteiger partial charge in [0.25, 0.3) is 5.91 Å². The number of rotatable bonds is 5. The lowest BCUT2D eigenvalue weighted by molar-refractivity contribution is 0.0946. The number of hydrogen-bond donors (Lipinski definition) is 2. The molecule has 0 aliphatic rings. The monoisotopic (exact) mass is 301 g/mol. The number of thiol groups is 1. The largest absolute Gasteiger partial charge is 0.492 e. The van der Waals surface area contributed by atoms with Gasteiger partial charge in [0, 0.05) is 10.5 Å². The van der Waals surface area contributed by atoms with Crippen molar-refractivity contribution in [3.63, 3.8) is 0 Å². The van der Waals surface area contributed by atoms with Crippen molar-refractivity contribution in [1.82, 2.24) is 5.32 Å². The van der Waals surface area contributed by atoms with Gasteiger partial charge >= 0.3 is 0 Å². The topological polar surface area (TPSA) is 38.3 Å². The van der Waals surface area contributed by atoms with E-state index in [1.54, 1.807) is 6.07 Å². The minimum Gasteiger partial charge on any atom is -0.492 e. The molecule has 1 N–H and O–H groups in total. The van der Waals surface area contributed by atoms with E-state index in [1.165, 1.54) is 0 Å². The van der Waals surface area contributed by atoms with Crippen LogP contribution in [0.3, 0.4) is 0 Å². The number of benzene rings is 2. The standard InChI is InChI=1S/C17H19NO2S/c1-12-4-3-5-14(10-12)20-9-8-18-17(19)16-11-15(21)7-6-13(16)2/h3-7,10-11,21H,8-9H2,1-2H3,(H,18,19). The van der Waals surface area contributed by atoms with Crippen LogP contribution in [0, 0.1) is 13.8 Å². The molecule has 0 bridgehead atoms. The summed E-state index contributed by atoms with van der Waals surface area (Å²) in [5, 5.41) is 2.85. The normalized spacial score (nSPS) is 10.2. The Labute approximate surface area is 130 Å². The average Bonchev–Trinajstić information content (AvgIpc) is 2.46. The van der Waals surface area contributed by atoms with Gasteiger partial charge in [-0.25, -0.2) is 0 Å². The Morgan fingerprint density at radius 3 is 2.76 bits per heavy atom. The van der Waals surface area contributed by atoms with E-state index in [4.69, 9.17) is 4.74 Å². The molecule has 0 heterocycles. The van der Waals surface area contributed by atoms with Crippen molar-refractivity contribution in [3.05, 3.63) is 59.2 Å². The van der Waals surface area contributed by atoms with Crippen molar-refractivity contribution in [2.75, 3.05) is 13.2 Å². The van der Waals surface area contributed by atoms with E-state index in [0.29, 0.717) is 18.7 Å². The van der Waals surface area contributed by atoms with Gasteiger partial charge in [-0.1, -0.05) is 18.2 Å². The van der Waals surface area contributed by atoms with Gasteiger partial charge in [-0.2, -0.15) is 0 Å². The first-order valence-electron chi connectivity index (χ1n) is 6.83. The molecule has 0 spiro atoms. The van der Waals surface area contributed by atoms with Crippen molar-refractivity contribution in [2.45, 2.75) is 18.7 Å². The molecule has 110 valence electrons. The van der Waals surface area contributed by atoms with Gasteiger partial charge in [0.1, 0.15) is 12.4 Å². The molecule has 2 aromatic carbocycles. The molecule has 0 atom stereocenters. The Balaban J connectivity index is 1.83. The SMILES string of the molecule is Cc1cccc(OCCNC(=O)c2cc(S)ccc2C)c1. The van der Waals surface area contributed by atoms with Gasteiger partial charge in [0.05, 0.1) is 6.54 Å². The lowest BCUT2D eigenvalue weighted by Crippen LogP contribution is -2.28. The van der Waals surface area contributed by atoms with Gasteiger partial charge in [-0.05, 0) is 49.2 Å². The van der Waals surface area contributed by atoms with Crippen LogP contribution in [0.5, 0.6) is 5.75 Å². The summed E-state index contributed by atoms with van der Waals surface area (Å²) in [5.41, 5.74) is 2.74. The lowest BCUT2D eigenvalue weighted by Gasteiger charge is -2.10. The van der Waals surface area contributed by atoms with Gasteiger partial charge in [0.2, 0.25) is 0 Å². The number of ether oxygens (including phenoxy) is 1. The van der Waals surface area contributed by atoms with Crippen molar-refractivity contribution >= 4 is 18.5 Å². The first-order valence-corrected chi connectivity index (χ1v) is 7.28. The second kappa shape index (κ2) is 7.18. The zero-order valence-corrected chi connectivity index (χ0v) is 13.1. The number of carbonyl (C=O) groups excluding carboxylic acids is 1. The predicted octanol–water partition coefficient (Wildman–Crippen LogP) is 3.40.